The van der Waals surface area contributed by atoms with Crippen LogP contribution in [0.2, 0.25) is 0 Å². The van der Waals surface area contributed by atoms with Crippen molar-refractivity contribution in [3.8, 4) is 5.75 Å². The maximum absolute atomic E-state index is 11.8. The second-order valence-corrected chi connectivity index (χ2v) is 4.71. The molecule has 0 aliphatic heterocycles. The predicted octanol–water partition coefficient (Wildman–Crippen LogP) is -0.781. The van der Waals surface area contributed by atoms with Crippen molar-refractivity contribution in [2.75, 3.05) is 13.7 Å². The Morgan fingerprint density at radius 3 is 2.59 bits per heavy atom. The normalized spacial score (nSPS) is 13.1. The van der Waals surface area contributed by atoms with Crippen molar-refractivity contribution in [3.05, 3.63) is 29.3 Å². The molecule has 0 spiro atoms. The minimum Gasteiger partial charge on any atom is -0.497 e. The molecule has 8 nitrogen and oxygen atoms in total. The number of carbonyl (C=O) groups excluding carboxylic acids is 2. The average Bonchev–Trinajstić information content (AvgIpc) is 2.52. The van der Waals surface area contributed by atoms with Crippen LogP contribution in [0.4, 0.5) is 0 Å². The van der Waals surface area contributed by atoms with Crippen molar-refractivity contribution < 1.29 is 24.5 Å². The van der Waals surface area contributed by atoms with E-state index in [0.29, 0.717) is 5.75 Å². The second kappa shape index (κ2) is 8.32. The predicted molar refractivity (Wildman–Crippen MR) is 78.9 cm³/mol. The largest absolute Gasteiger partial charge is 0.497 e. The molecule has 2 atom stereocenters. The van der Waals surface area contributed by atoms with Gasteiger partial charge in [-0.3, -0.25) is 15.0 Å². The van der Waals surface area contributed by atoms with Gasteiger partial charge in [-0.05, 0) is 24.1 Å². The zero-order chi connectivity index (χ0) is 16.7. The van der Waals surface area contributed by atoms with E-state index in [1.54, 1.807) is 6.07 Å². The van der Waals surface area contributed by atoms with Crippen LogP contribution in [0.15, 0.2) is 18.2 Å². The summed E-state index contributed by atoms with van der Waals surface area (Å²) in [6.07, 6.45) is -2.31. The van der Waals surface area contributed by atoms with Gasteiger partial charge in [0.25, 0.3) is 5.91 Å². The van der Waals surface area contributed by atoms with Gasteiger partial charge in [-0.15, -0.1) is 0 Å². The van der Waals surface area contributed by atoms with Gasteiger partial charge >= 0.3 is 0 Å². The molecule has 8 heteroatoms. The van der Waals surface area contributed by atoms with Crippen LogP contribution < -0.4 is 21.3 Å². The third-order valence-corrected chi connectivity index (χ3v) is 3.13. The van der Waals surface area contributed by atoms with Crippen molar-refractivity contribution in [2.24, 2.45) is 5.84 Å². The second-order valence-electron chi connectivity index (χ2n) is 4.71. The van der Waals surface area contributed by atoms with Crippen molar-refractivity contribution in [1.82, 2.24) is 10.7 Å². The number of rotatable bonds is 7. The summed E-state index contributed by atoms with van der Waals surface area (Å²) in [5, 5.41) is 22.7. The van der Waals surface area contributed by atoms with E-state index in [1.807, 2.05) is 5.43 Å². The van der Waals surface area contributed by atoms with Crippen LogP contribution >= 0.6 is 0 Å². The molecule has 0 saturated heterocycles. The highest BCUT2D eigenvalue weighted by Crippen LogP contribution is 2.26. The van der Waals surface area contributed by atoms with Gasteiger partial charge in [-0.2, -0.15) is 0 Å². The highest BCUT2D eigenvalue weighted by Gasteiger charge is 2.24. The lowest BCUT2D eigenvalue weighted by atomic mass is 9.96. The SMILES string of the molecule is COc1ccc(C(O)C(O)CCNC(C)=O)c(C(=O)NN)c1. The topological polar surface area (TPSA) is 134 Å². The maximum atomic E-state index is 11.8. The van der Waals surface area contributed by atoms with Crippen molar-refractivity contribution in [1.29, 1.82) is 0 Å². The Bertz CT molecular complexity index is 535. The molecule has 0 saturated carbocycles. The monoisotopic (exact) mass is 311 g/mol. The van der Waals surface area contributed by atoms with Crippen LogP contribution in [0, 0.1) is 0 Å². The summed E-state index contributed by atoms with van der Waals surface area (Å²) in [7, 11) is 1.44. The highest BCUT2D eigenvalue weighted by molar-refractivity contribution is 5.95. The molecular weight excluding hydrogens is 290 g/mol. The Morgan fingerprint density at radius 1 is 1.36 bits per heavy atom. The standard InChI is InChI=1S/C14H21N3O5/c1-8(18)16-6-5-12(19)13(20)10-4-3-9(22-2)7-11(10)14(21)17-15/h3-4,7,12-13,19-20H,5-6,15H2,1-2H3,(H,16,18)(H,17,21). The minimum atomic E-state index is -1.30. The number of benzene rings is 1. The van der Waals surface area contributed by atoms with E-state index in [-0.39, 0.29) is 30.0 Å². The molecule has 1 aromatic rings. The van der Waals surface area contributed by atoms with Crippen molar-refractivity contribution in [3.63, 3.8) is 0 Å². The van der Waals surface area contributed by atoms with E-state index >= 15 is 0 Å². The van der Waals surface area contributed by atoms with Crippen LogP contribution in [-0.2, 0) is 4.79 Å². The summed E-state index contributed by atoms with van der Waals surface area (Å²) in [6, 6.07) is 4.46. The van der Waals surface area contributed by atoms with Gasteiger partial charge in [-0.1, -0.05) is 6.07 Å². The lowest BCUT2D eigenvalue weighted by Gasteiger charge is -2.21. The molecule has 0 fully saturated rings. The van der Waals surface area contributed by atoms with Crippen molar-refractivity contribution >= 4 is 11.8 Å². The fraction of sp³-hybridized carbons (Fsp3) is 0.429. The fourth-order valence-electron chi connectivity index (χ4n) is 1.96. The van der Waals surface area contributed by atoms with Crippen LogP contribution in [0.25, 0.3) is 0 Å². The third kappa shape index (κ3) is 4.69. The average molecular weight is 311 g/mol. The van der Waals surface area contributed by atoms with Crippen LogP contribution in [0.3, 0.4) is 0 Å². The number of ether oxygens (including phenoxy) is 1. The molecule has 0 aliphatic carbocycles. The molecule has 0 radical (unpaired) electrons. The van der Waals surface area contributed by atoms with Gasteiger partial charge in [-0.25, -0.2) is 5.84 Å². The highest BCUT2D eigenvalue weighted by atomic mass is 16.5. The zero-order valence-corrected chi connectivity index (χ0v) is 12.5. The minimum absolute atomic E-state index is 0.105. The lowest BCUT2D eigenvalue weighted by Crippen LogP contribution is -2.33. The Hall–Kier alpha value is -2.16. The number of nitrogens with one attached hydrogen (secondary N) is 2. The molecular formula is C14H21N3O5. The number of nitrogen functional groups attached to an aromatic ring is 1. The number of carbonyl (C=O) groups is 2. The molecule has 22 heavy (non-hydrogen) atoms. The van der Waals surface area contributed by atoms with E-state index in [4.69, 9.17) is 10.6 Å². The maximum Gasteiger partial charge on any atom is 0.265 e. The Labute approximate surface area is 128 Å². The molecule has 1 rings (SSSR count). The first-order valence-electron chi connectivity index (χ1n) is 6.70. The van der Waals surface area contributed by atoms with E-state index in [1.165, 1.54) is 26.2 Å². The molecule has 0 bridgehead atoms. The number of aliphatic hydroxyl groups excluding tert-OH is 2. The number of amides is 2. The van der Waals surface area contributed by atoms with Crippen LogP contribution in [-0.4, -0.2) is 41.8 Å². The summed E-state index contributed by atoms with van der Waals surface area (Å²) in [6.45, 7) is 1.57. The van der Waals surface area contributed by atoms with Gasteiger partial charge in [0, 0.05) is 13.5 Å². The first-order valence-corrected chi connectivity index (χ1v) is 6.70. The number of nitrogens with two attached hydrogens (primary N) is 1. The van der Waals surface area contributed by atoms with E-state index in [0.717, 1.165) is 0 Å². The Morgan fingerprint density at radius 2 is 2.05 bits per heavy atom. The number of hydrogen-bond acceptors (Lipinski definition) is 6. The Balaban J connectivity index is 2.93. The molecule has 0 heterocycles. The fourth-order valence-corrected chi connectivity index (χ4v) is 1.96. The van der Waals surface area contributed by atoms with Gasteiger partial charge in [0.05, 0.1) is 18.8 Å². The summed E-state index contributed by atoms with van der Waals surface area (Å²) in [5.41, 5.74) is 2.31. The van der Waals surface area contributed by atoms with Crippen LogP contribution in [0.5, 0.6) is 5.75 Å². The Kier molecular flexibility index (Phi) is 6.77. The molecule has 6 N–H and O–H groups in total. The lowest BCUT2D eigenvalue weighted by molar-refractivity contribution is -0.119. The molecule has 0 aromatic heterocycles. The summed E-state index contributed by atoms with van der Waals surface area (Å²) in [4.78, 5) is 22.6. The molecule has 2 amide bonds. The number of methoxy groups -OCH3 is 1. The van der Waals surface area contributed by atoms with E-state index in [2.05, 4.69) is 5.32 Å². The first-order chi connectivity index (χ1) is 10.4. The first kappa shape index (κ1) is 17.9. The third-order valence-electron chi connectivity index (χ3n) is 3.13. The van der Waals surface area contributed by atoms with Gasteiger partial charge < -0.3 is 20.3 Å². The quantitative estimate of drug-likeness (QED) is 0.255. The van der Waals surface area contributed by atoms with Gasteiger partial charge in [0.2, 0.25) is 5.91 Å². The summed E-state index contributed by atoms with van der Waals surface area (Å²) < 4.78 is 5.02. The summed E-state index contributed by atoms with van der Waals surface area (Å²) in [5.74, 6) is 4.70. The number of hydrazine groups is 1. The van der Waals surface area contributed by atoms with E-state index in [9.17, 15) is 19.8 Å². The molecule has 1 aromatic carbocycles. The molecule has 0 aliphatic rings. The van der Waals surface area contributed by atoms with Crippen LogP contribution in [0.1, 0.15) is 35.4 Å². The van der Waals surface area contributed by atoms with E-state index < -0.39 is 18.1 Å². The van der Waals surface area contributed by atoms with Gasteiger partial charge in [0.1, 0.15) is 11.9 Å². The summed E-state index contributed by atoms with van der Waals surface area (Å²) >= 11 is 0. The van der Waals surface area contributed by atoms with Gasteiger partial charge in [0.15, 0.2) is 0 Å². The number of hydrogen-bond donors (Lipinski definition) is 5. The molecule has 122 valence electrons. The molecule has 2 unspecified atom stereocenters. The smallest absolute Gasteiger partial charge is 0.265 e. The zero-order valence-electron chi connectivity index (χ0n) is 12.5. The van der Waals surface area contributed by atoms with Crippen molar-refractivity contribution in [2.45, 2.75) is 25.6 Å². The number of aliphatic hydroxyl groups is 2.